The van der Waals surface area contributed by atoms with E-state index in [4.69, 9.17) is 6.42 Å². The smallest absolute Gasteiger partial charge is 0.243 e. The maximum Gasteiger partial charge on any atom is 0.243 e. The predicted molar refractivity (Wildman–Crippen MR) is 89.1 cm³/mol. The number of terminal acetylenes is 1. The molecule has 2 aromatic rings. The summed E-state index contributed by atoms with van der Waals surface area (Å²) >= 11 is 0. The van der Waals surface area contributed by atoms with Gasteiger partial charge in [0.25, 0.3) is 0 Å². The van der Waals surface area contributed by atoms with E-state index in [1.54, 1.807) is 12.1 Å². The number of nitrogens with one attached hydrogen (secondary N) is 2. The second-order valence-corrected chi connectivity index (χ2v) is 5.63. The highest BCUT2D eigenvalue weighted by Gasteiger charge is 2.16. The Labute approximate surface area is 135 Å². The number of benzene rings is 1. The Morgan fingerprint density at radius 2 is 2.26 bits per heavy atom. The first-order valence-electron chi connectivity index (χ1n) is 7.66. The van der Waals surface area contributed by atoms with Gasteiger partial charge >= 0.3 is 0 Å². The lowest BCUT2D eigenvalue weighted by Crippen LogP contribution is -2.38. The fraction of sp³-hybridized carbons (Fsp3) is 0.353. The number of hydrogen-bond donors (Lipinski definition) is 3. The molecule has 0 spiro atoms. The van der Waals surface area contributed by atoms with E-state index in [-0.39, 0.29) is 5.75 Å². The number of aromatic nitrogens is 3. The van der Waals surface area contributed by atoms with Crippen molar-refractivity contribution in [2.75, 3.05) is 18.4 Å². The second kappa shape index (κ2) is 6.63. The summed E-state index contributed by atoms with van der Waals surface area (Å²) in [5.41, 5.74) is 2.45. The zero-order chi connectivity index (χ0) is 16.2. The van der Waals surface area contributed by atoms with Crippen molar-refractivity contribution in [3.8, 4) is 29.4 Å². The monoisotopic (exact) mass is 309 g/mol. The fourth-order valence-electron chi connectivity index (χ4n) is 2.69. The van der Waals surface area contributed by atoms with Gasteiger partial charge < -0.3 is 15.7 Å². The van der Waals surface area contributed by atoms with Gasteiger partial charge in [0, 0.05) is 23.7 Å². The lowest BCUT2D eigenvalue weighted by Gasteiger charge is -2.23. The first-order chi connectivity index (χ1) is 11.2. The van der Waals surface area contributed by atoms with Gasteiger partial charge in [-0.25, -0.2) is 4.98 Å². The zero-order valence-corrected chi connectivity index (χ0v) is 13.0. The number of piperidine rings is 1. The highest BCUT2D eigenvalue weighted by molar-refractivity contribution is 5.69. The number of phenolic OH excluding ortho intramolecular Hbond substituents is 1. The maximum atomic E-state index is 10.1. The van der Waals surface area contributed by atoms with Crippen LogP contribution in [-0.2, 0) is 0 Å². The summed E-state index contributed by atoms with van der Waals surface area (Å²) in [5, 5.41) is 25.1. The average Bonchev–Trinajstić information content (AvgIpc) is 2.56. The van der Waals surface area contributed by atoms with Gasteiger partial charge in [0.2, 0.25) is 5.95 Å². The first-order valence-corrected chi connectivity index (χ1v) is 7.66. The molecule has 0 unspecified atom stereocenters. The van der Waals surface area contributed by atoms with Crippen LogP contribution in [0.4, 0.5) is 5.95 Å². The van der Waals surface area contributed by atoms with E-state index in [0.29, 0.717) is 34.5 Å². The van der Waals surface area contributed by atoms with Gasteiger partial charge in [-0.3, -0.25) is 0 Å². The van der Waals surface area contributed by atoms with Crippen molar-refractivity contribution in [3.05, 3.63) is 29.5 Å². The summed E-state index contributed by atoms with van der Waals surface area (Å²) in [5.74, 6) is 3.08. The number of anilines is 1. The van der Waals surface area contributed by atoms with E-state index < -0.39 is 0 Å². The van der Waals surface area contributed by atoms with E-state index >= 15 is 0 Å². The lowest BCUT2D eigenvalue weighted by atomic mass is 10.1. The van der Waals surface area contributed by atoms with E-state index in [1.807, 2.05) is 6.92 Å². The third-order valence-electron chi connectivity index (χ3n) is 3.91. The summed E-state index contributed by atoms with van der Waals surface area (Å²) in [6, 6.07) is 5.35. The summed E-state index contributed by atoms with van der Waals surface area (Å²) in [4.78, 5) is 4.46. The minimum atomic E-state index is 0.0804. The van der Waals surface area contributed by atoms with E-state index in [0.717, 1.165) is 25.9 Å². The number of aryl methyl sites for hydroxylation is 1. The van der Waals surface area contributed by atoms with Crippen LogP contribution in [0.15, 0.2) is 18.2 Å². The van der Waals surface area contributed by atoms with Gasteiger partial charge in [0.05, 0.1) is 5.69 Å². The van der Waals surface area contributed by atoms with Crippen LogP contribution in [0.1, 0.15) is 24.1 Å². The molecule has 1 aliphatic heterocycles. The molecule has 23 heavy (non-hydrogen) atoms. The van der Waals surface area contributed by atoms with Gasteiger partial charge in [0.15, 0.2) is 0 Å². The highest BCUT2D eigenvalue weighted by Crippen LogP contribution is 2.29. The number of rotatable bonds is 3. The molecule has 1 aromatic carbocycles. The SMILES string of the molecule is C#Cc1ccc(-c2nnc(N[C@@H]3CCCNC3)nc2C)c(O)c1. The molecule has 118 valence electrons. The molecule has 1 saturated heterocycles. The lowest BCUT2D eigenvalue weighted by molar-refractivity contribution is 0.476. The minimum absolute atomic E-state index is 0.0804. The van der Waals surface area contributed by atoms with Crippen molar-refractivity contribution in [2.24, 2.45) is 0 Å². The van der Waals surface area contributed by atoms with Gasteiger partial charge in [-0.2, -0.15) is 0 Å². The molecule has 0 amide bonds. The Morgan fingerprint density at radius 1 is 1.39 bits per heavy atom. The van der Waals surface area contributed by atoms with E-state index in [1.165, 1.54) is 6.07 Å². The van der Waals surface area contributed by atoms with Crippen LogP contribution in [0.2, 0.25) is 0 Å². The third-order valence-corrected chi connectivity index (χ3v) is 3.91. The molecule has 1 fully saturated rings. The molecule has 3 rings (SSSR count). The van der Waals surface area contributed by atoms with Crippen LogP contribution < -0.4 is 10.6 Å². The molecule has 0 bridgehead atoms. The van der Waals surface area contributed by atoms with Crippen LogP contribution in [0.25, 0.3) is 11.3 Å². The van der Waals surface area contributed by atoms with Crippen molar-refractivity contribution < 1.29 is 5.11 Å². The molecular weight excluding hydrogens is 290 g/mol. The van der Waals surface area contributed by atoms with Crippen LogP contribution >= 0.6 is 0 Å². The molecule has 0 radical (unpaired) electrons. The molecule has 0 saturated carbocycles. The van der Waals surface area contributed by atoms with Crippen LogP contribution in [0, 0.1) is 19.3 Å². The van der Waals surface area contributed by atoms with Gasteiger partial charge in [0.1, 0.15) is 11.4 Å². The number of nitrogens with zero attached hydrogens (tertiary/aromatic N) is 3. The molecule has 3 N–H and O–H groups in total. The molecule has 1 aliphatic rings. The van der Waals surface area contributed by atoms with Crippen LogP contribution in [-0.4, -0.2) is 39.4 Å². The second-order valence-electron chi connectivity index (χ2n) is 5.63. The van der Waals surface area contributed by atoms with Crippen LogP contribution in [0.3, 0.4) is 0 Å². The molecular formula is C17H19N5O. The van der Waals surface area contributed by atoms with Crippen molar-refractivity contribution in [1.29, 1.82) is 0 Å². The Morgan fingerprint density at radius 3 is 2.91 bits per heavy atom. The third kappa shape index (κ3) is 3.41. The van der Waals surface area contributed by atoms with Crippen molar-refractivity contribution in [2.45, 2.75) is 25.8 Å². The predicted octanol–water partition coefficient (Wildman–Crippen LogP) is 1.70. The molecule has 1 atom stereocenters. The normalized spacial score (nSPS) is 17.5. The summed E-state index contributed by atoms with van der Waals surface area (Å²) in [6.07, 6.45) is 7.56. The van der Waals surface area contributed by atoms with Gasteiger partial charge in [-0.15, -0.1) is 16.6 Å². The zero-order valence-electron chi connectivity index (χ0n) is 13.0. The Kier molecular flexibility index (Phi) is 4.40. The number of aromatic hydroxyl groups is 1. The van der Waals surface area contributed by atoms with E-state index in [9.17, 15) is 5.11 Å². The number of hydrogen-bond acceptors (Lipinski definition) is 6. The molecule has 0 aliphatic carbocycles. The largest absolute Gasteiger partial charge is 0.507 e. The van der Waals surface area contributed by atoms with Gasteiger partial charge in [-0.05, 0) is 44.5 Å². The molecule has 6 heteroatoms. The Bertz CT molecular complexity index is 747. The summed E-state index contributed by atoms with van der Waals surface area (Å²) in [7, 11) is 0. The standard InChI is InChI=1S/C17H19N5O/c1-3-12-6-7-14(15(23)9-12)16-11(2)19-17(22-21-16)20-13-5-4-8-18-10-13/h1,6-7,9,13,18,23H,4-5,8,10H2,2H3,(H,19,20,22)/t13-/m1/s1. The Balaban J connectivity index is 1.83. The molecule has 1 aromatic heterocycles. The van der Waals surface area contributed by atoms with Crippen LogP contribution in [0.5, 0.6) is 5.75 Å². The summed E-state index contributed by atoms with van der Waals surface area (Å²) in [6.45, 7) is 3.81. The fourth-order valence-corrected chi connectivity index (χ4v) is 2.69. The molecule has 2 heterocycles. The minimum Gasteiger partial charge on any atom is -0.507 e. The topological polar surface area (TPSA) is 83.0 Å². The average molecular weight is 309 g/mol. The van der Waals surface area contributed by atoms with Crippen molar-refractivity contribution in [3.63, 3.8) is 0 Å². The molecule has 6 nitrogen and oxygen atoms in total. The van der Waals surface area contributed by atoms with Crippen molar-refractivity contribution in [1.82, 2.24) is 20.5 Å². The summed E-state index contributed by atoms with van der Waals surface area (Å²) < 4.78 is 0. The highest BCUT2D eigenvalue weighted by atomic mass is 16.3. The first kappa shape index (κ1) is 15.3. The Hall–Kier alpha value is -2.65. The van der Waals surface area contributed by atoms with Crippen molar-refractivity contribution >= 4 is 5.95 Å². The van der Waals surface area contributed by atoms with E-state index in [2.05, 4.69) is 31.7 Å². The quantitative estimate of drug-likeness (QED) is 0.749. The maximum absolute atomic E-state index is 10.1. The number of phenols is 1. The van der Waals surface area contributed by atoms with Gasteiger partial charge in [-0.1, -0.05) is 5.92 Å².